The van der Waals surface area contributed by atoms with Gasteiger partial charge >= 0.3 is 0 Å². The Morgan fingerprint density at radius 2 is 2.00 bits per heavy atom. The maximum absolute atomic E-state index is 11.4. The van der Waals surface area contributed by atoms with E-state index in [4.69, 9.17) is 0 Å². The zero-order valence-electron chi connectivity index (χ0n) is 11.3. The molecule has 0 unspecified atom stereocenters. The number of carbonyl (C=O) groups excluding carboxylic acids is 1. The minimum Gasteiger partial charge on any atom is -0.356 e. The molecule has 6 heteroatoms. The summed E-state index contributed by atoms with van der Waals surface area (Å²) in [6, 6.07) is 0.436. The maximum atomic E-state index is 11.4. The van der Waals surface area contributed by atoms with Crippen molar-refractivity contribution in [1.82, 2.24) is 15.5 Å². The number of nitrogens with one attached hydrogen (secondary N) is 2. The smallest absolute Gasteiger partial charge is 0.223 e. The summed E-state index contributed by atoms with van der Waals surface area (Å²) in [5.74, 6) is 0.890. The number of aliphatic imine (C=N–C) groups is 1. The van der Waals surface area contributed by atoms with Crippen molar-refractivity contribution in [2.75, 3.05) is 27.7 Å². The third-order valence-corrected chi connectivity index (χ3v) is 2.70. The SMILES string of the molecule is CN=C(NCCC(=O)N(C)C)NC1CC=CC1.I. The molecule has 0 saturated carbocycles. The van der Waals surface area contributed by atoms with Crippen molar-refractivity contribution in [2.24, 2.45) is 4.99 Å². The second-order valence-corrected chi connectivity index (χ2v) is 4.32. The van der Waals surface area contributed by atoms with Crippen LogP contribution in [-0.2, 0) is 4.79 Å². The highest BCUT2D eigenvalue weighted by atomic mass is 127. The van der Waals surface area contributed by atoms with E-state index in [2.05, 4.69) is 27.8 Å². The first-order chi connectivity index (χ1) is 8.13. The van der Waals surface area contributed by atoms with Crippen molar-refractivity contribution in [1.29, 1.82) is 0 Å². The lowest BCUT2D eigenvalue weighted by Crippen LogP contribution is -2.43. The summed E-state index contributed by atoms with van der Waals surface area (Å²) in [5.41, 5.74) is 0. The molecule has 104 valence electrons. The Labute approximate surface area is 126 Å². The third kappa shape index (κ3) is 6.23. The van der Waals surface area contributed by atoms with Crippen LogP contribution in [0.5, 0.6) is 0 Å². The van der Waals surface area contributed by atoms with Gasteiger partial charge in [0.05, 0.1) is 0 Å². The minimum atomic E-state index is 0. The van der Waals surface area contributed by atoms with Crippen LogP contribution in [0.15, 0.2) is 17.1 Å². The van der Waals surface area contributed by atoms with E-state index in [1.807, 2.05) is 0 Å². The van der Waals surface area contributed by atoms with Crippen molar-refractivity contribution in [3.63, 3.8) is 0 Å². The number of carbonyl (C=O) groups is 1. The summed E-state index contributed by atoms with van der Waals surface area (Å²) < 4.78 is 0. The lowest BCUT2D eigenvalue weighted by molar-refractivity contribution is -0.128. The van der Waals surface area contributed by atoms with Crippen LogP contribution in [0, 0.1) is 0 Å². The highest BCUT2D eigenvalue weighted by Gasteiger charge is 2.11. The molecule has 0 aromatic rings. The van der Waals surface area contributed by atoms with Gasteiger partial charge in [-0.05, 0) is 12.8 Å². The molecule has 1 rings (SSSR count). The van der Waals surface area contributed by atoms with Crippen LogP contribution in [0.4, 0.5) is 0 Å². The van der Waals surface area contributed by atoms with Gasteiger partial charge in [0.25, 0.3) is 0 Å². The van der Waals surface area contributed by atoms with Crippen LogP contribution in [0.25, 0.3) is 0 Å². The Morgan fingerprint density at radius 3 is 2.50 bits per heavy atom. The molecule has 0 fully saturated rings. The number of halogens is 1. The van der Waals surface area contributed by atoms with Gasteiger partial charge in [0.1, 0.15) is 0 Å². The monoisotopic (exact) mass is 366 g/mol. The number of hydrogen-bond donors (Lipinski definition) is 2. The van der Waals surface area contributed by atoms with E-state index < -0.39 is 0 Å². The normalized spacial score (nSPS) is 15.2. The molecule has 1 amide bonds. The second-order valence-electron chi connectivity index (χ2n) is 4.32. The first-order valence-electron chi connectivity index (χ1n) is 5.96. The van der Waals surface area contributed by atoms with Crippen LogP contribution >= 0.6 is 24.0 Å². The molecule has 0 aromatic carbocycles. The standard InChI is InChI=1S/C12H22N4O.HI/c1-13-12(15-10-6-4-5-7-10)14-9-8-11(17)16(2)3;/h4-5,10H,6-9H2,1-3H3,(H2,13,14,15);1H. The highest BCUT2D eigenvalue weighted by Crippen LogP contribution is 2.08. The van der Waals surface area contributed by atoms with Crippen molar-refractivity contribution in [3.8, 4) is 0 Å². The molecule has 0 heterocycles. The molecule has 0 atom stereocenters. The zero-order chi connectivity index (χ0) is 12.7. The summed E-state index contributed by atoms with van der Waals surface area (Å²) in [6.45, 7) is 0.608. The first kappa shape index (κ1) is 17.2. The second kappa shape index (κ2) is 9.18. The summed E-state index contributed by atoms with van der Waals surface area (Å²) >= 11 is 0. The van der Waals surface area contributed by atoms with Gasteiger partial charge in [-0.15, -0.1) is 24.0 Å². The van der Waals surface area contributed by atoms with Crippen molar-refractivity contribution < 1.29 is 4.79 Å². The van der Waals surface area contributed by atoms with Crippen LogP contribution < -0.4 is 10.6 Å². The Bertz CT molecular complexity index is 307. The third-order valence-electron chi connectivity index (χ3n) is 2.70. The fraction of sp³-hybridized carbons (Fsp3) is 0.667. The van der Waals surface area contributed by atoms with E-state index in [0.717, 1.165) is 18.8 Å². The number of hydrogen-bond acceptors (Lipinski definition) is 2. The van der Waals surface area contributed by atoms with Crippen LogP contribution in [0.1, 0.15) is 19.3 Å². The van der Waals surface area contributed by atoms with E-state index in [0.29, 0.717) is 19.0 Å². The molecule has 0 radical (unpaired) electrons. The quantitative estimate of drug-likeness (QED) is 0.337. The molecule has 0 bridgehead atoms. The topological polar surface area (TPSA) is 56.7 Å². The predicted octanol–water partition coefficient (Wildman–Crippen LogP) is 0.966. The van der Waals surface area contributed by atoms with Gasteiger partial charge in [-0.3, -0.25) is 9.79 Å². The number of nitrogens with zero attached hydrogens (tertiary/aromatic N) is 2. The van der Waals surface area contributed by atoms with Gasteiger partial charge < -0.3 is 15.5 Å². The average molecular weight is 366 g/mol. The maximum Gasteiger partial charge on any atom is 0.223 e. The molecule has 5 nitrogen and oxygen atoms in total. The summed E-state index contributed by atoms with van der Waals surface area (Å²) in [5, 5.41) is 6.47. The largest absolute Gasteiger partial charge is 0.356 e. The van der Waals surface area contributed by atoms with Crippen molar-refractivity contribution in [3.05, 3.63) is 12.2 Å². The molecule has 1 aliphatic rings. The fourth-order valence-electron chi connectivity index (χ4n) is 1.63. The van der Waals surface area contributed by atoms with Crippen molar-refractivity contribution in [2.45, 2.75) is 25.3 Å². The van der Waals surface area contributed by atoms with Crippen LogP contribution in [0.2, 0.25) is 0 Å². The average Bonchev–Trinajstić information content (AvgIpc) is 2.80. The summed E-state index contributed by atoms with van der Waals surface area (Å²) in [7, 11) is 5.27. The number of rotatable bonds is 4. The molecular weight excluding hydrogens is 343 g/mol. The Hall–Kier alpha value is -0.790. The molecule has 0 aromatic heterocycles. The van der Waals surface area contributed by atoms with Gasteiger partial charge in [0.15, 0.2) is 5.96 Å². The molecule has 0 saturated heterocycles. The number of guanidine groups is 1. The van der Waals surface area contributed by atoms with E-state index in [1.165, 1.54) is 0 Å². The van der Waals surface area contributed by atoms with Crippen molar-refractivity contribution >= 4 is 35.8 Å². The van der Waals surface area contributed by atoms with Gasteiger partial charge in [-0.1, -0.05) is 12.2 Å². The summed E-state index contributed by atoms with van der Waals surface area (Å²) in [6.07, 6.45) is 6.90. The number of amides is 1. The molecule has 2 N–H and O–H groups in total. The van der Waals surface area contributed by atoms with E-state index in [1.54, 1.807) is 26.0 Å². The lowest BCUT2D eigenvalue weighted by Gasteiger charge is -2.17. The van der Waals surface area contributed by atoms with E-state index in [-0.39, 0.29) is 29.9 Å². The molecule has 0 aliphatic heterocycles. The van der Waals surface area contributed by atoms with Gasteiger partial charge in [-0.25, -0.2) is 0 Å². The highest BCUT2D eigenvalue weighted by molar-refractivity contribution is 14.0. The predicted molar refractivity (Wildman–Crippen MR) is 85.4 cm³/mol. The van der Waals surface area contributed by atoms with Gasteiger partial charge in [0.2, 0.25) is 5.91 Å². The summed E-state index contributed by atoms with van der Waals surface area (Å²) in [4.78, 5) is 17.1. The minimum absolute atomic E-state index is 0. The molecular formula is C12H23IN4O. The van der Waals surface area contributed by atoms with Crippen LogP contribution in [-0.4, -0.2) is 50.5 Å². The molecule has 0 spiro atoms. The van der Waals surface area contributed by atoms with Crippen LogP contribution in [0.3, 0.4) is 0 Å². The van der Waals surface area contributed by atoms with Gasteiger partial charge in [0, 0.05) is 40.2 Å². The first-order valence-corrected chi connectivity index (χ1v) is 5.96. The molecule has 1 aliphatic carbocycles. The Morgan fingerprint density at radius 1 is 1.39 bits per heavy atom. The van der Waals surface area contributed by atoms with E-state index >= 15 is 0 Å². The Kier molecular flexibility index (Phi) is 8.78. The zero-order valence-corrected chi connectivity index (χ0v) is 13.6. The molecule has 18 heavy (non-hydrogen) atoms. The fourth-order valence-corrected chi connectivity index (χ4v) is 1.63. The van der Waals surface area contributed by atoms with E-state index in [9.17, 15) is 4.79 Å². The Balaban J connectivity index is 0.00000289. The lowest BCUT2D eigenvalue weighted by atomic mass is 10.2. The van der Waals surface area contributed by atoms with Gasteiger partial charge in [-0.2, -0.15) is 0 Å².